The molecule has 3 aliphatic carbocycles. The van der Waals surface area contributed by atoms with Crippen LogP contribution >= 0.6 is 23.2 Å². The number of fused-ring (bicyclic) bond motifs is 4. The number of aromatic nitrogens is 6. The van der Waals surface area contributed by atoms with Gasteiger partial charge in [-0.1, -0.05) is 153 Å². The Hall–Kier alpha value is -4.16. The Labute approximate surface area is 632 Å². The van der Waals surface area contributed by atoms with Gasteiger partial charge in [0.15, 0.2) is 40.1 Å². The van der Waals surface area contributed by atoms with Crippen LogP contribution in [0.2, 0.25) is 97.7 Å². The van der Waals surface area contributed by atoms with E-state index in [-0.39, 0.29) is 84.4 Å². The van der Waals surface area contributed by atoms with Gasteiger partial charge in [-0.25, -0.2) is 9.97 Å². The molecule has 2 aromatic carbocycles. The number of halogens is 2. The normalized spacial score (nSPS) is 26.5. The van der Waals surface area contributed by atoms with Crippen molar-refractivity contribution in [2.24, 2.45) is 11.7 Å². The molecular formula is C79H119Cl2N7O12Si4. The van der Waals surface area contributed by atoms with Crippen molar-refractivity contribution < 1.29 is 56.3 Å². The topological polar surface area (TPSA) is 206 Å². The number of ether oxygens (including phenoxy) is 9. The molecule has 25 heteroatoms. The molecule has 0 unspecified atom stereocenters. The number of benzene rings is 2. The number of hydrogen-bond acceptors (Lipinski definition) is 17. The first-order valence-electron chi connectivity index (χ1n) is 38.7. The lowest BCUT2D eigenvalue weighted by Crippen LogP contribution is -2.47. The van der Waals surface area contributed by atoms with Crippen LogP contribution in [0.25, 0.3) is 44.8 Å². The molecule has 13 rings (SSSR count). The van der Waals surface area contributed by atoms with Crippen molar-refractivity contribution in [3.63, 3.8) is 0 Å². The first-order valence-corrected chi connectivity index (χ1v) is 52.7. The third-order valence-corrected chi connectivity index (χ3v) is 36.6. The van der Waals surface area contributed by atoms with Gasteiger partial charge >= 0.3 is 18.0 Å². The van der Waals surface area contributed by atoms with Crippen molar-refractivity contribution in [3.05, 3.63) is 81.8 Å². The fourth-order valence-electron chi connectivity index (χ4n) is 15.0. The molecule has 0 bridgehead atoms. The van der Waals surface area contributed by atoms with Gasteiger partial charge in [0.05, 0.1) is 60.1 Å². The van der Waals surface area contributed by atoms with Crippen molar-refractivity contribution in [1.29, 1.82) is 0 Å². The van der Waals surface area contributed by atoms with E-state index in [9.17, 15) is 4.79 Å². The predicted molar refractivity (Wildman–Crippen MR) is 423 cm³/mol. The van der Waals surface area contributed by atoms with Gasteiger partial charge in [0.1, 0.15) is 55.0 Å². The number of pyridine rings is 2. The second-order valence-corrected chi connectivity index (χ2v) is 57.7. The van der Waals surface area contributed by atoms with Crippen molar-refractivity contribution >= 4 is 84.3 Å². The Bertz CT molecular complexity index is 3870. The molecule has 572 valence electrons. The molecule has 19 nitrogen and oxygen atoms in total. The number of esters is 1. The van der Waals surface area contributed by atoms with Gasteiger partial charge in [0.25, 0.3) is 0 Å². The molecule has 6 aromatic rings. The summed E-state index contributed by atoms with van der Waals surface area (Å²) < 4.78 is 74.0. The van der Waals surface area contributed by atoms with E-state index in [0.29, 0.717) is 126 Å². The third kappa shape index (κ3) is 19.2. The molecular weight excluding hydrogens is 1420 g/mol. The number of rotatable bonds is 25. The minimum atomic E-state index is -2.02. The Morgan fingerprint density at radius 1 is 0.519 bits per heavy atom. The zero-order valence-electron chi connectivity index (χ0n) is 65.0. The predicted octanol–water partition coefficient (Wildman–Crippen LogP) is 18.1. The molecule has 2 N–H and O–H groups in total. The minimum Gasteiger partial charge on any atom is -0.462 e. The van der Waals surface area contributed by atoms with Crippen molar-refractivity contribution in [2.75, 3.05) is 39.6 Å². The first kappa shape index (κ1) is 79.4. The zero-order valence-corrected chi connectivity index (χ0v) is 70.5. The van der Waals surface area contributed by atoms with E-state index in [1.165, 1.54) is 24.0 Å². The average Bonchev–Trinajstić information content (AvgIpc) is 1.62. The summed E-state index contributed by atoms with van der Waals surface area (Å²) in [4.78, 5) is 32.5. The van der Waals surface area contributed by atoms with Crippen molar-refractivity contribution in [1.82, 2.24) is 29.1 Å². The number of nitrogens with two attached hydrogens (primary N) is 1. The summed E-state index contributed by atoms with van der Waals surface area (Å²) in [5.41, 5.74) is 14.8. The van der Waals surface area contributed by atoms with E-state index >= 15 is 0 Å². The van der Waals surface area contributed by atoms with Crippen LogP contribution in [0.4, 0.5) is 0 Å². The molecule has 4 aromatic heterocycles. The second-order valence-electron chi connectivity index (χ2n) is 36.2. The summed E-state index contributed by atoms with van der Waals surface area (Å²) >= 11 is 13.8. The molecule has 4 saturated heterocycles. The number of carbonyl (C=O) groups excluding carboxylic acids is 1. The maximum absolute atomic E-state index is 12.5. The van der Waals surface area contributed by atoms with Crippen LogP contribution in [-0.4, -0.2) is 168 Å². The maximum atomic E-state index is 12.5. The van der Waals surface area contributed by atoms with E-state index in [1.54, 1.807) is 0 Å². The fraction of sp³-hybridized carbons (Fsp3) is 0.684. The lowest BCUT2D eigenvalue weighted by Gasteiger charge is -2.39. The standard InChI is InChI=1S/C43H64ClN3O7Si2.C36H55ClN4O5Si2/c1-43(2,3)56(7,8)54-36-26-51-39-35(25-50-40(36)39)53-42-45-34-24-33(44)38(46-41(34)47(42)27-49-21-22-55(4,5)6)31-19-17-30(18-20-31)29-15-13-28(14-16-29)23-37(48)52-32-11-9-10-12-32;1-36(2,3)48(7,8)46-30-21-44-32-29(20-43-33(30)32)45-35-39-28-19-27(37)31(40-34(28)41(35)22-42-17-18-47(4,5)6)25-11-9-23(10-12-25)24-13-15-26(38)16-14-24/h17-20,24,28-29,32,35-36,39-40H,9-16,21-23,25-27H2,1-8H3;9-12,19,24,26,29-30,32-33H,13-18,20-22,38H2,1-8H3/t28?,29?,35-,36-,39-,40-;24?,26?,29-,30-,32-,33-/m11/s1. The Morgan fingerprint density at radius 2 is 0.894 bits per heavy atom. The Balaban J connectivity index is 0.000000198. The quantitative estimate of drug-likeness (QED) is 0.0321. The molecule has 8 atom stereocenters. The summed E-state index contributed by atoms with van der Waals surface area (Å²) in [5.74, 6) is 1.44. The monoisotopic (exact) mass is 1540 g/mol. The summed E-state index contributed by atoms with van der Waals surface area (Å²) in [6.07, 6.45) is 12.0. The first-order chi connectivity index (χ1) is 49.1. The molecule has 7 fully saturated rings. The van der Waals surface area contributed by atoms with Crippen LogP contribution in [0, 0.1) is 5.92 Å². The van der Waals surface area contributed by atoms with E-state index < -0.39 is 32.8 Å². The van der Waals surface area contributed by atoms with Gasteiger partial charge in [0.2, 0.25) is 0 Å². The summed E-state index contributed by atoms with van der Waals surface area (Å²) in [6.45, 7) is 40.2. The van der Waals surface area contributed by atoms with Gasteiger partial charge in [-0.15, -0.1) is 0 Å². The Kier molecular flexibility index (Phi) is 25.0. The zero-order chi connectivity index (χ0) is 74.3. The SMILES string of the molecule is CC(C)(C)[Si](C)(C)O[C@@H]1CO[C@H]2[C@@H]1OC[C@H]2Oc1nc2cc(Cl)c(-c3ccc(C4CCC(CC(=O)OC5CCCC5)CC4)cc3)nc2n1COCC[Si](C)(C)C.CC(C)(C)[Si](C)(C)O[C@@H]1CO[C@H]2[C@@H]1OC[C@H]2Oc1nc2cc(Cl)c(-c3ccc(C4CCC(N)CC4)cc3)nc2n1COCC[Si](C)(C)C. The smallest absolute Gasteiger partial charge is 0.306 e. The summed E-state index contributed by atoms with van der Waals surface area (Å²) in [5, 5.41) is 1.25. The van der Waals surface area contributed by atoms with Crippen LogP contribution in [-0.2, 0) is 60.3 Å². The van der Waals surface area contributed by atoms with Gasteiger partial charge in [-0.2, -0.15) is 9.97 Å². The van der Waals surface area contributed by atoms with Gasteiger partial charge in [-0.3, -0.25) is 13.9 Å². The van der Waals surface area contributed by atoms with Crippen LogP contribution in [0.1, 0.15) is 148 Å². The van der Waals surface area contributed by atoms with Crippen LogP contribution < -0.4 is 15.2 Å². The van der Waals surface area contributed by atoms with Crippen molar-refractivity contribution in [3.8, 4) is 34.5 Å². The number of carbonyl (C=O) groups is 1. The molecule has 0 amide bonds. The highest BCUT2D eigenvalue weighted by Gasteiger charge is 2.54. The minimum absolute atomic E-state index is 0.00558. The number of nitrogens with zero attached hydrogens (tertiary/aromatic N) is 6. The summed E-state index contributed by atoms with van der Waals surface area (Å²) in [6, 6.07) is 24.4. The fourth-order valence-corrected chi connectivity index (χ4v) is 19.6. The van der Waals surface area contributed by atoms with Gasteiger partial charge < -0.3 is 57.2 Å². The van der Waals surface area contributed by atoms with Gasteiger partial charge in [0, 0.05) is 53.0 Å². The number of imidazole rings is 2. The molecule has 3 saturated carbocycles. The van der Waals surface area contributed by atoms with Crippen LogP contribution in [0.3, 0.4) is 0 Å². The average molecular weight is 1540 g/mol. The molecule has 7 aliphatic rings. The van der Waals surface area contributed by atoms with E-state index in [2.05, 4.69) is 156 Å². The largest absolute Gasteiger partial charge is 0.462 e. The highest BCUT2D eigenvalue weighted by molar-refractivity contribution is 6.76. The highest BCUT2D eigenvalue weighted by Crippen LogP contribution is 2.45. The lowest BCUT2D eigenvalue weighted by atomic mass is 9.77. The van der Waals surface area contributed by atoms with Crippen molar-refractivity contribution in [2.45, 2.75) is 299 Å². The van der Waals surface area contributed by atoms with Gasteiger partial charge in [-0.05, 0) is 166 Å². The molecule has 4 aliphatic heterocycles. The Morgan fingerprint density at radius 3 is 1.28 bits per heavy atom. The van der Waals surface area contributed by atoms with E-state index in [0.717, 1.165) is 87.4 Å². The second kappa shape index (κ2) is 32.8. The molecule has 0 spiro atoms. The highest BCUT2D eigenvalue weighted by atomic mass is 35.5. The van der Waals surface area contributed by atoms with E-state index in [4.69, 9.17) is 100 Å². The van der Waals surface area contributed by atoms with E-state index in [1.807, 2.05) is 21.3 Å². The summed E-state index contributed by atoms with van der Waals surface area (Å²) in [7, 11) is -6.59. The third-order valence-electron chi connectivity index (χ3n) is 23.6. The number of hydrogen-bond donors (Lipinski definition) is 1. The molecule has 104 heavy (non-hydrogen) atoms. The maximum Gasteiger partial charge on any atom is 0.306 e. The van der Waals surface area contributed by atoms with Crippen LogP contribution in [0.15, 0.2) is 60.7 Å². The molecule has 0 radical (unpaired) electrons. The molecule has 8 heterocycles. The van der Waals surface area contributed by atoms with Crippen LogP contribution in [0.5, 0.6) is 12.0 Å². The lowest BCUT2D eigenvalue weighted by molar-refractivity contribution is -0.150.